The maximum absolute atomic E-state index is 10.1. The van der Waals surface area contributed by atoms with Crippen LogP contribution in [0.5, 0.6) is 0 Å². The molecule has 1 unspecified atom stereocenters. The van der Waals surface area contributed by atoms with Crippen molar-refractivity contribution < 1.29 is 5.11 Å². The van der Waals surface area contributed by atoms with E-state index in [1.807, 2.05) is 13.8 Å². The minimum atomic E-state index is -0.586. The van der Waals surface area contributed by atoms with Gasteiger partial charge in [-0.2, -0.15) is 0 Å². The molecule has 0 heterocycles. The van der Waals surface area contributed by atoms with Crippen molar-refractivity contribution in [3.63, 3.8) is 0 Å². The fraction of sp³-hybridized carbons (Fsp3) is 1.00. The van der Waals surface area contributed by atoms with Gasteiger partial charge in [0.1, 0.15) is 5.01 Å². The zero-order valence-corrected chi connectivity index (χ0v) is 5.53. The molecule has 1 atom stereocenters. The Balaban J connectivity index is 2.99. The van der Waals surface area contributed by atoms with Crippen LogP contribution in [0, 0.1) is 5.92 Å². The molecule has 0 aromatic heterocycles. The minimum Gasteiger partial charge on any atom is -0.220 e. The summed E-state index contributed by atoms with van der Waals surface area (Å²) in [4.78, 5) is 0. The van der Waals surface area contributed by atoms with Crippen LogP contribution in [-0.4, -0.2) is 5.01 Å². The molecule has 0 N–H and O–H groups in total. The van der Waals surface area contributed by atoms with Gasteiger partial charge in [-0.15, -0.1) is 0 Å². The first-order valence-electron chi connectivity index (χ1n) is 1.94. The third-order valence-corrected chi connectivity index (χ3v) is 1.58. The first-order chi connectivity index (χ1) is 2.64. The van der Waals surface area contributed by atoms with Crippen molar-refractivity contribution in [3.05, 3.63) is 0 Å². The number of hydrogen-bond acceptors (Lipinski definition) is 0. The molecule has 0 aromatic rings. The van der Waals surface area contributed by atoms with Crippen molar-refractivity contribution >= 4 is 15.9 Å². The summed E-state index contributed by atoms with van der Waals surface area (Å²) in [5, 5.41) is 9.56. The highest BCUT2D eigenvalue weighted by Crippen LogP contribution is 2.06. The van der Waals surface area contributed by atoms with Gasteiger partial charge in [0, 0.05) is 0 Å². The Hall–Kier alpha value is 0.440. The molecule has 0 fully saturated rings. The van der Waals surface area contributed by atoms with Gasteiger partial charge in [0.25, 0.3) is 0 Å². The Morgan fingerprint density at radius 2 is 1.67 bits per heavy atom. The third-order valence-electron chi connectivity index (χ3n) is 0.524. The third kappa shape index (κ3) is 2.67. The Kier molecular flexibility index (Phi) is 2.78. The molecular weight excluding hydrogens is 144 g/mol. The summed E-state index contributed by atoms with van der Waals surface area (Å²) >= 11 is 2.88. The fourth-order valence-corrected chi connectivity index (χ4v) is 0. The Morgan fingerprint density at radius 3 is 1.67 bits per heavy atom. The first kappa shape index (κ1) is 6.44. The number of rotatable bonds is 1. The lowest BCUT2D eigenvalue weighted by Crippen LogP contribution is -2.01. The van der Waals surface area contributed by atoms with Gasteiger partial charge < -0.3 is 0 Å². The Labute approximate surface area is 46.5 Å². The van der Waals surface area contributed by atoms with Gasteiger partial charge in [-0.05, 0) is 5.92 Å². The molecule has 0 amide bonds. The molecule has 1 radical (unpaired) electrons. The predicted octanol–water partition coefficient (Wildman–Crippen LogP) is 1.79. The summed E-state index contributed by atoms with van der Waals surface area (Å²) in [5.74, 6) is 0.213. The Morgan fingerprint density at radius 1 is 1.50 bits per heavy atom. The Bertz CT molecular complexity index is 28.5. The lowest BCUT2D eigenvalue weighted by Gasteiger charge is -1.99. The standard InChI is InChI=1S/C4H8BrO/c1-3(2)4(5)6/h3-4H,1-2H3. The zero-order valence-electron chi connectivity index (χ0n) is 3.94. The average Bonchev–Trinajstić information content (AvgIpc) is 1.36. The maximum atomic E-state index is 10.1. The van der Waals surface area contributed by atoms with Crippen LogP contribution >= 0.6 is 15.9 Å². The van der Waals surface area contributed by atoms with Crippen molar-refractivity contribution in [1.82, 2.24) is 0 Å². The smallest absolute Gasteiger partial charge is 0.150 e. The summed E-state index contributed by atoms with van der Waals surface area (Å²) in [6.07, 6.45) is 0. The number of hydrogen-bond donors (Lipinski definition) is 0. The van der Waals surface area contributed by atoms with E-state index < -0.39 is 5.01 Å². The van der Waals surface area contributed by atoms with E-state index in [2.05, 4.69) is 15.9 Å². The van der Waals surface area contributed by atoms with E-state index in [4.69, 9.17) is 0 Å². The molecule has 1 nitrogen and oxygen atoms in total. The van der Waals surface area contributed by atoms with Gasteiger partial charge in [-0.25, -0.2) is 5.11 Å². The summed E-state index contributed by atoms with van der Waals surface area (Å²) in [6, 6.07) is 0. The second-order valence-electron chi connectivity index (χ2n) is 1.60. The largest absolute Gasteiger partial charge is 0.220 e. The second-order valence-corrected chi connectivity index (χ2v) is 2.50. The predicted molar refractivity (Wildman–Crippen MR) is 28.2 cm³/mol. The van der Waals surface area contributed by atoms with Crippen LogP contribution in [0.2, 0.25) is 0 Å². The maximum Gasteiger partial charge on any atom is 0.150 e. The molecule has 0 aromatic carbocycles. The van der Waals surface area contributed by atoms with Crippen molar-refractivity contribution in [3.8, 4) is 0 Å². The SMILES string of the molecule is CC(C)C([O])Br. The normalized spacial score (nSPS) is 15.5. The summed E-state index contributed by atoms with van der Waals surface area (Å²) < 4.78 is 0. The van der Waals surface area contributed by atoms with Gasteiger partial charge in [0.2, 0.25) is 0 Å². The molecule has 0 saturated heterocycles. The zero-order chi connectivity index (χ0) is 5.15. The minimum absolute atomic E-state index is 0.213. The molecule has 0 rings (SSSR count). The lowest BCUT2D eigenvalue weighted by atomic mass is 10.2. The highest BCUT2D eigenvalue weighted by molar-refractivity contribution is 9.09. The first-order valence-corrected chi connectivity index (χ1v) is 2.86. The average molecular weight is 152 g/mol. The molecule has 37 valence electrons. The van der Waals surface area contributed by atoms with Crippen LogP contribution in [0.1, 0.15) is 13.8 Å². The van der Waals surface area contributed by atoms with Crippen LogP contribution in [0.25, 0.3) is 0 Å². The van der Waals surface area contributed by atoms with Gasteiger partial charge in [-0.3, -0.25) is 0 Å². The molecule has 0 aliphatic rings. The monoisotopic (exact) mass is 151 g/mol. The van der Waals surface area contributed by atoms with E-state index in [0.717, 1.165) is 0 Å². The molecule has 6 heavy (non-hydrogen) atoms. The molecule has 0 spiro atoms. The van der Waals surface area contributed by atoms with Crippen molar-refractivity contribution in [1.29, 1.82) is 0 Å². The quantitative estimate of drug-likeness (QED) is 0.510. The van der Waals surface area contributed by atoms with Crippen LogP contribution in [-0.2, 0) is 5.11 Å². The van der Waals surface area contributed by atoms with E-state index in [-0.39, 0.29) is 5.92 Å². The highest BCUT2D eigenvalue weighted by Gasteiger charge is 2.02. The molecule has 0 bridgehead atoms. The summed E-state index contributed by atoms with van der Waals surface area (Å²) in [5.41, 5.74) is 0. The molecular formula is C4H8BrO. The molecule has 0 aliphatic heterocycles. The van der Waals surface area contributed by atoms with Crippen LogP contribution in [0.15, 0.2) is 0 Å². The van der Waals surface area contributed by atoms with E-state index >= 15 is 0 Å². The van der Waals surface area contributed by atoms with Crippen LogP contribution < -0.4 is 0 Å². The molecule has 0 aliphatic carbocycles. The highest BCUT2D eigenvalue weighted by atomic mass is 79.9. The summed E-state index contributed by atoms with van der Waals surface area (Å²) in [6.45, 7) is 3.76. The van der Waals surface area contributed by atoms with Crippen molar-refractivity contribution in [2.24, 2.45) is 5.92 Å². The van der Waals surface area contributed by atoms with Crippen LogP contribution in [0.4, 0.5) is 0 Å². The number of halogens is 1. The van der Waals surface area contributed by atoms with Gasteiger partial charge in [0.15, 0.2) is 0 Å². The summed E-state index contributed by atoms with van der Waals surface area (Å²) in [7, 11) is 0. The van der Waals surface area contributed by atoms with Gasteiger partial charge >= 0.3 is 0 Å². The van der Waals surface area contributed by atoms with E-state index in [0.29, 0.717) is 0 Å². The van der Waals surface area contributed by atoms with E-state index in [1.165, 1.54) is 0 Å². The second kappa shape index (κ2) is 2.59. The van der Waals surface area contributed by atoms with E-state index in [9.17, 15) is 5.11 Å². The van der Waals surface area contributed by atoms with Crippen LogP contribution in [0.3, 0.4) is 0 Å². The van der Waals surface area contributed by atoms with Crippen molar-refractivity contribution in [2.75, 3.05) is 0 Å². The van der Waals surface area contributed by atoms with E-state index in [1.54, 1.807) is 0 Å². The van der Waals surface area contributed by atoms with Gasteiger partial charge in [0.05, 0.1) is 0 Å². The fourth-order valence-electron chi connectivity index (χ4n) is 0. The molecule has 0 saturated carbocycles. The topological polar surface area (TPSA) is 19.9 Å². The lowest BCUT2D eigenvalue weighted by molar-refractivity contribution is 0.132. The van der Waals surface area contributed by atoms with Gasteiger partial charge in [-0.1, -0.05) is 29.8 Å². The number of alkyl halides is 1. The molecule has 2 heteroatoms. The van der Waals surface area contributed by atoms with Crippen molar-refractivity contribution in [2.45, 2.75) is 18.9 Å².